The lowest BCUT2D eigenvalue weighted by Crippen LogP contribution is -2.38. The first-order valence-corrected chi connectivity index (χ1v) is 12.6. The Morgan fingerprint density at radius 1 is 1.27 bits per heavy atom. The molecule has 30 heavy (non-hydrogen) atoms. The van der Waals surface area contributed by atoms with Gasteiger partial charge in [0.25, 0.3) is 5.91 Å². The Hall–Kier alpha value is -1.25. The number of rotatable bonds is 3. The molecule has 0 radical (unpaired) electrons. The van der Waals surface area contributed by atoms with Crippen LogP contribution in [0.1, 0.15) is 66.6 Å². The normalized spacial score (nSPS) is 20.8. The molecule has 2 aliphatic rings. The summed E-state index contributed by atoms with van der Waals surface area (Å²) in [4.78, 5) is 14.4. The van der Waals surface area contributed by atoms with Gasteiger partial charge in [-0.15, -0.1) is 11.3 Å². The molecule has 1 aliphatic carbocycles. The Morgan fingerprint density at radius 2 is 2.00 bits per heavy atom. The van der Waals surface area contributed by atoms with E-state index in [4.69, 9.17) is 4.74 Å². The third-order valence-corrected chi connectivity index (χ3v) is 9.40. The minimum absolute atomic E-state index is 0.0371. The van der Waals surface area contributed by atoms with Crippen molar-refractivity contribution in [3.8, 4) is 11.5 Å². The van der Waals surface area contributed by atoms with Crippen LogP contribution in [0.3, 0.4) is 0 Å². The Balaban J connectivity index is 1.69. The average molecular weight is 558 g/mol. The van der Waals surface area contributed by atoms with Crippen molar-refractivity contribution >= 4 is 54.1 Å². The van der Waals surface area contributed by atoms with E-state index in [0.29, 0.717) is 27.2 Å². The zero-order chi connectivity index (χ0) is 21.8. The van der Waals surface area contributed by atoms with Crippen LogP contribution in [0.25, 0.3) is 0 Å². The first-order valence-electron chi connectivity index (χ1n) is 10.2. The third kappa shape index (κ3) is 3.75. The number of carbonyl (C=O) groups excluding carboxylic acids is 1. The Bertz CT molecular complexity index is 1010. The van der Waals surface area contributed by atoms with Crippen LogP contribution in [0, 0.1) is 11.3 Å². The van der Waals surface area contributed by atoms with Crippen LogP contribution in [-0.4, -0.2) is 17.6 Å². The molecule has 0 saturated carbocycles. The summed E-state index contributed by atoms with van der Waals surface area (Å²) in [5.74, 6) is 0.993. The molecule has 5 nitrogen and oxygen atoms in total. The van der Waals surface area contributed by atoms with E-state index in [9.17, 15) is 9.90 Å². The minimum atomic E-state index is -0.422. The maximum atomic E-state index is 13.1. The van der Waals surface area contributed by atoms with E-state index < -0.39 is 6.17 Å². The number of carbonyl (C=O) groups is 1. The van der Waals surface area contributed by atoms with Crippen molar-refractivity contribution in [1.29, 1.82) is 0 Å². The summed E-state index contributed by atoms with van der Waals surface area (Å²) in [5, 5.41) is 17.9. The zero-order valence-corrected chi connectivity index (χ0v) is 21.5. The molecule has 1 aromatic carbocycles. The summed E-state index contributed by atoms with van der Waals surface area (Å²) in [5.41, 5.74) is 3.07. The maximum Gasteiger partial charge on any atom is 0.256 e. The van der Waals surface area contributed by atoms with Gasteiger partial charge < -0.3 is 20.5 Å². The molecular formula is C22H26Br2N2O3S. The number of thiophene rings is 1. The Labute approximate surface area is 197 Å². The lowest BCUT2D eigenvalue weighted by Gasteiger charge is -2.34. The summed E-state index contributed by atoms with van der Waals surface area (Å²) >= 11 is 8.68. The number of halogens is 2. The van der Waals surface area contributed by atoms with E-state index in [1.54, 1.807) is 17.4 Å². The quantitative estimate of drug-likeness (QED) is 0.409. The highest BCUT2D eigenvalue weighted by Gasteiger charge is 2.37. The second kappa shape index (κ2) is 8.02. The standard InChI is InChI=1S/C22H26Br2N2O3S/c1-5-29-13-9-12(16(23)17(24)18(13)27)19-25-20(28)15-11-7-6-10(22(2,3)4)8-14(11)30-21(15)26-19/h9-10,19,26-27H,5-8H2,1-4H3,(H,25,28)/t10-,19-/m0/s1. The van der Waals surface area contributed by atoms with Crippen LogP contribution in [0.5, 0.6) is 11.5 Å². The highest BCUT2D eigenvalue weighted by atomic mass is 79.9. The van der Waals surface area contributed by atoms with Crippen LogP contribution >= 0.6 is 43.2 Å². The number of benzene rings is 1. The van der Waals surface area contributed by atoms with Gasteiger partial charge in [-0.2, -0.15) is 0 Å². The highest BCUT2D eigenvalue weighted by Crippen LogP contribution is 2.48. The molecule has 1 aliphatic heterocycles. The predicted molar refractivity (Wildman–Crippen MR) is 128 cm³/mol. The Kier molecular flexibility index (Phi) is 5.87. The fourth-order valence-corrected chi connectivity index (χ4v) is 6.59. The van der Waals surface area contributed by atoms with Gasteiger partial charge in [-0.1, -0.05) is 20.8 Å². The van der Waals surface area contributed by atoms with Gasteiger partial charge in [0.15, 0.2) is 11.5 Å². The van der Waals surface area contributed by atoms with Crippen molar-refractivity contribution in [2.24, 2.45) is 11.3 Å². The number of aromatic hydroxyl groups is 1. The fourth-order valence-electron chi connectivity index (χ4n) is 4.28. The van der Waals surface area contributed by atoms with Gasteiger partial charge in [-0.3, -0.25) is 4.79 Å². The second-order valence-electron chi connectivity index (χ2n) is 8.94. The highest BCUT2D eigenvalue weighted by molar-refractivity contribution is 9.13. The number of phenolic OH excluding ortho intramolecular Hbond substituents is 1. The van der Waals surface area contributed by atoms with E-state index in [1.165, 1.54) is 10.4 Å². The van der Waals surface area contributed by atoms with Gasteiger partial charge >= 0.3 is 0 Å². The monoisotopic (exact) mass is 556 g/mol. The molecule has 0 spiro atoms. The third-order valence-electron chi connectivity index (χ3n) is 6.05. The topological polar surface area (TPSA) is 70.6 Å². The first-order chi connectivity index (χ1) is 14.1. The van der Waals surface area contributed by atoms with Crippen LogP contribution < -0.4 is 15.4 Å². The van der Waals surface area contributed by atoms with E-state index in [1.807, 2.05) is 6.92 Å². The molecule has 0 saturated heterocycles. The van der Waals surface area contributed by atoms with Crippen molar-refractivity contribution in [1.82, 2.24) is 5.32 Å². The number of fused-ring (bicyclic) bond motifs is 3. The SMILES string of the molecule is CCOc1cc([C@H]2NC(=O)c3c(sc4c3CC[C@H](C(C)(C)C)C4)N2)c(Br)c(Br)c1O. The van der Waals surface area contributed by atoms with Gasteiger partial charge in [0.05, 0.1) is 16.6 Å². The number of ether oxygens (including phenoxy) is 1. The summed E-state index contributed by atoms with van der Waals surface area (Å²) in [6.45, 7) is 9.19. The number of hydrogen-bond acceptors (Lipinski definition) is 5. The number of hydrogen-bond donors (Lipinski definition) is 3. The van der Waals surface area contributed by atoms with Crippen molar-refractivity contribution in [2.75, 3.05) is 11.9 Å². The van der Waals surface area contributed by atoms with Gasteiger partial charge in [0.2, 0.25) is 0 Å². The summed E-state index contributed by atoms with van der Waals surface area (Å²) in [6.07, 6.45) is 2.67. The van der Waals surface area contributed by atoms with Crippen LogP contribution in [0.15, 0.2) is 15.0 Å². The molecule has 1 aromatic heterocycles. The van der Waals surface area contributed by atoms with Gasteiger partial charge in [-0.05, 0) is 81.0 Å². The second-order valence-corrected chi connectivity index (χ2v) is 11.6. The Morgan fingerprint density at radius 3 is 2.67 bits per heavy atom. The van der Waals surface area contributed by atoms with Crippen molar-refractivity contribution in [3.63, 3.8) is 0 Å². The molecule has 4 rings (SSSR count). The molecule has 162 valence electrons. The zero-order valence-electron chi connectivity index (χ0n) is 17.5. The summed E-state index contributed by atoms with van der Waals surface area (Å²) < 4.78 is 6.75. The van der Waals surface area contributed by atoms with Crippen molar-refractivity contribution in [2.45, 2.75) is 53.1 Å². The smallest absolute Gasteiger partial charge is 0.256 e. The maximum absolute atomic E-state index is 13.1. The summed E-state index contributed by atoms with van der Waals surface area (Å²) in [7, 11) is 0. The molecule has 2 heterocycles. The first kappa shape index (κ1) is 22.0. The van der Waals surface area contributed by atoms with E-state index in [0.717, 1.165) is 35.4 Å². The largest absolute Gasteiger partial charge is 0.503 e. The minimum Gasteiger partial charge on any atom is -0.503 e. The van der Waals surface area contributed by atoms with Crippen LogP contribution in [0.2, 0.25) is 0 Å². The average Bonchev–Trinajstić information content (AvgIpc) is 3.05. The van der Waals surface area contributed by atoms with Gasteiger partial charge in [-0.25, -0.2) is 0 Å². The molecule has 0 bridgehead atoms. The lowest BCUT2D eigenvalue weighted by molar-refractivity contribution is 0.0934. The van der Waals surface area contributed by atoms with Crippen LogP contribution in [0.4, 0.5) is 5.00 Å². The molecular weight excluding hydrogens is 532 g/mol. The molecule has 8 heteroatoms. The predicted octanol–water partition coefficient (Wildman–Crippen LogP) is 6.38. The lowest BCUT2D eigenvalue weighted by atomic mass is 9.72. The van der Waals surface area contributed by atoms with E-state index in [2.05, 4.69) is 63.3 Å². The number of amides is 1. The van der Waals surface area contributed by atoms with Crippen LogP contribution in [-0.2, 0) is 12.8 Å². The fraction of sp³-hybridized carbons (Fsp3) is 0.500. The number of phenols is 1. The molecule has 3 N–H and O–H groups in total. The molecule has 0 fully saturated rings. The molecule has 2 aromatic rings. The van der Waals surface area contributed by atoms with Gasteiger partial charge in [0, 0.05) is 14.9 Å². The van der Waals surface area contributed by atoms with Crippen molar-refractivity contribution in [3.05, 3.63) is 36.6 Å². The van der Waals surface area contributed by atoms with E-state index >= 15 is 0 Å². The molecule has 2 atom stereocenters. The van der Waals surface area contributed by atoms with E-state index in [-0.39, 0.29) is 17.1 Å². The summed E-state index contributed by atoms with van der Waals surface area (Å²) in [6, 6.07) is 1.76. The molecule has 0 unspecified atom stereocenters. The van der Waals surface area contributed by atoms with Crippen molar-refractivity contribution < 1.29 is 14.6 Å². The number of nitrogens with one attached hydrogen (secondary N) is 2. The van der Waals surface area contributed by atoms with Gasteiger partial charge in [0.1, 0.15) is 11.2 Å². The number of anilines is 1. The molecule has 1 amide bonds.